The van der Waals surface area contributed by atoms with E-state index < -0.39 is 17.7 Å². The lowest BCUT2D eigenvalue weighted by Crippen LogP contribution is -2.29. The predicted octanol–water partition coefficient (Wildman–Crippen LogP) is 6.27. The monoisotopic (exact) mass is 457 g/mol. The molecule has 1 aliphatic rings. The number of aliphatic hydroxyl groups excluding tert-OH is 1. The molecule has 4 rings (SSSR count). The molecule has 150 valence electrons. The van der Waals surface area contributed by atoms with E-state index in [9.17, 15) is 14.7 Å². The van der Waals surface area contributed by atoms with E-state index in [-0.39, 0.29) is 16.4 Å². The van der Waals surface area contributed by atoms with Crippen LogP contribution in [0.3, 0.4) is 0 Å². The first kappa shape index (κ1) is 20.5. The molecule has 1 fully saturated rings. The number of rotatable bonds is 3. The fraction of sp³-hybridized carbons (Fsp3) is 0.0435. The molecular formula is C23H14Cl3NO3. The third kappa shape index (κ3) is 3.58. The lowest BCUT2D eigenvalue weighted by atomic mass is 9.95. The summed E-state index contributed by atoms with van der Waals surface area (Å²) < 4.78 is 0. The maximum absolute atomic E-state index is 13.0. The number of benzene rings is 3. The van der Waals surface area contributed by atoms with Gasteiger partial charge in [-0.25, -0.2) is 0 Å². The second-order valence-corrected chi connectivity index (χ2v) is 7.96. The zero-order valence-corrected chi connectivity index (χ0v) is 17.6. The number of nitrogens with zero attached hydrogens (tertiary/aromatic N) is 1. The van der Waals surface area contributed by atoms with E-state index in [0.29, 0.717) is 26.9 Å². The highest BCUT2D eigenvalue weighted by molar-refractivity contribution is 6.52. The van der Waals surface area contributed by atoms with E-state index in [1.807, 2.05) is 0 Å². The first-order valence-electron chi connectivity index (χ1n) is 8.95. The summed E-state index contributed by atoms with van der Waals surface area (Å²) in [5.41, 5.74) is 1.22. The van der Waals surface area contributed by atoms with Crippen molar-refractivity contribution in [2.75, 3.05) is 4.90 Å². The second kappa shape index (κ2) is 8.15. The van der Waals surface area contributed by atoms with Crippen LogP contribution in [0, 0.1) is 0 Å². The third-order valence-electron chi connectivity index (χ3n) is 4.84. The molecule has 7 heteroatoms. The molecule has 30 heavy (non-hydrogen) atoms. The Balaban J connectivity index is 1.99. The summed E-state index contributed by atoms with van der Waals surface area (Å²) in [5, 5.41) is 12.1. The average Bonchev–Trinajstić information content (AvgIpc) is 2.99. The summed E-state index contributed by atoms with van der Waals surface area (Å²) in [6.45, 7) is 0. The van der Waals surface area contributed by atoms with Crippen molar-refractivity contribution in [2.24, 2.45) is 0 Å². The number of anilines is 1. The number of hydrogen-bond acceptors (Lipinski definition) is 3. The molecule has 1 amide bonds. The summed E-state index contributed by atoms with van der Waals surface area (Å²) in [6.07, 6.45) is 0. The Labute approximate surface area is 187 Å². The number of halogens is 3. The van der Waals surface area contributed by atoms with E-state index in [1.165, 1.54) is 11.0 Å². The van der Waals surface area contributed by atoms with Crippen LogP contribution in [-0.2, 0) is 9.59 Å². The minimum atomic E-state index is -0.951. The van der Waals surface area contributed by atoms with Crippen LogP contribution in [0.1, 0.15) is 17.2 Å². The fourth-order valence-corrected chi connectivity index (χ4v) is 4.19. The van der Waals surface area contributed by atoms with Crippen molar-refractivity contribution in [3.63, 3.8) is 0 Å². The van der Waals surface area contributed by atoms with Gasteiger partial charge in [-0.3, -0.25) is 14.5 Å². The molecule has 0 aromatic heterocycles. The molecule has 1 N–H and O–H groups in total. The van der Waals surface area contributed by atoms with Crippen LogP contribution in [0.2, 0.25) is 15.1 Å². The Hall–Kier alpha value is -2.79. The van der Waals surface area contributed by atoms with Crippen LogP contribution in [0.25, 0.3) is 5.76 Å². The van der Waals surface area contributed by atoms with Crippen molar-refractivity contribution >= 4 is 57.9 Å². The topological polar surface area (TPSA) is 57.6 Å². The standard InChI is InChI=1S/C23H14Cl3NO3/c24-14-7-4-8-16(11-14)27-20(17-10-9-15(25)12-18(17)26)19(22(29)23(27)30)21(28)13-5-2-1-3-6-13/h1-12,20,28H. The number of carbonyl (C=O) groups is 2. The van der Waals surface area contributed by atoms with Gasteiger partial charge in [0, 0.05) is 26.3 Å². The Morgan fingerprint density at radius 1 is 0.833 bits per heavy atom. The van der Waals surface area contributed by atoms with Gasteiger partial charge in [0.15, 0.2) is 0 Å². The van der Waals surface area contributed by atoms with Crippen molar-refractivity contribution < 1.29 is 14.7 Å². The summed E-state index contributed by atoms with van der Waals surface area (Å²) in [5.74, 6) is -1.88. The van der Waals surface area contributed by atoms with Crippen LogP contribution in [0.15, 0.2) is 78.4 Å². The number of ketones is 1. The van der Waals surface area contributed by atoms with Gasteiger partial charge in [-0.05, 0) is 35.9 Å². The lowest BCUT2D eigenvalue weighted by Gasteiger charge is -2.26. The Bertz CT molecular complexity index is 1190. The number of carbonyl (C=O) groups excluding carboxylic acids is 2. The maximum Gasteiger partial charge on any atom is 0.300 e. The minimum absolute atomic E-state index is 0.0598. The molecule has 0 aliphatic carbocycles. The number of hydrogen-bond donors (Lipinski definition) is 1. The van der Waals surface area contributed by atoms with Crippen LogP contribution in [0.5, 0.6) is 0 Å². The van der Waals surface area contributed by atoms with Gasteiger partial charge in [0.2, 0.25) is 0 Å². The van der Waals surface area contributed by atoms with E-state index >= 15 is 0 Å². The number of amides is 1. The lowest BCUT2D eigenvalue weighted by molar-refractivity contribution is -0.132. The molecule has 0 saturated carbocycles. The van der Waals surface area contributed by atoms with Gasteiger partial charge in [0.25, 0.3) is 11.7 Å². The highest BCUT2D eigenvalue weighted by Crippen LogP contribution is 2.44. The fourth-order valence-electron chi connectivity index (χ4n) is 3.49. The quantitative estimate of drug-likeness (QED) is 0.286. The molecule has 3 aromatic carbocycles. The van der Waals surface area contributed by atoms with Crippen LogP contribution in [0.4, 0.5) is 5.69 Å². The SMILES string of the molecule is O=C1C(=O)N(c2cccc(Cl)c2)C(c2ccc(Cl)cc2Cl)C1=C(O)c1ccccc1. The average molecular weight is 459 g/mol. The molecule has 1 atom stereocenters. The van der Waals surface area contributed by atoms with E-state index in [1.54, 1.807) is 66.7 Å². The Kier molecular flexibility index (Phi) is 5.56. The van der Waals surface area contributed by atoms with E-state index in [4.69, 9.17) is 34.8 Å². The zero-order valence-electron chi connectivity index (χ0n) is 15.4. The molecule has 3 aromatic rings. The van der Waals surface area contributed by atoms with Gasteiger partial charge in [0.05, 0.1) is 11.6 Å². The summed E-state index contributed by atoms with van der Waals surface area (Å²) in [7, 11) is 0. The Morgan fingerprint density at radius 2 is 1.53 bits per heavy atom. The van der Waals surface area contributed by atoms with Crippen molar-refractivity contribution in [1.82, 2.24) is 0 Å². The van der Waals surface area contributed by atoms with Crippen LogP contribution >= 0.6 is 34.8 Å². The molecular weight excluding hydrogens is 445 g/mol. The van der Waals surface area contributed by atoms with Gasteiger partial charge in [-0.15, -0.1) is 0 Å². The van der Waals surface area contributed by atoms with Gasteiger partial charge >= 0.3 is 0 Å². The molecule has 1 heterocycles. The highest BCUT2D eigenvalue weighted by atomic mass is 35.5. The molecule has 4 nitrogen and oxygen atoms in total. The van der Waals surface area contributed by atoms with Crippen molar-refractivity contribution in [2.45, 2.75) is 6.04 Å². The molecule has 0 spiro atoms. The first-order chi connectivity index (χ1) is 14.4. The van der Waals surface area contributed by atoms with Crippen molar-refractivity contribution in [3.8, 4) is 0 Å². The highest BCUT2D eigenvalue weighted by Gasteiger charge is 2.47. The predicted molar refractivity (Wildman–Crippen MR) is 119 cm³/mol. The van der Waals surface area contributed by atoms with Crippen LogP contribution in [-0.4, -0.2) is 16.8 Å². The van der Waals surface area contributed by atoms with Crippen LogP contribution < -0.4 is 4.90 Å². The Morgan fingerprint density at radius 3 is 2.20 bits per heavy atom. The van der Waals surface area contributed by atoms with E-state index in [2.05, 4.69) is 0 Å². The molecule has 0 radical (unpaired) electrons. The van der Waals surface area contributed by atoms with Gasteiger partial charge in [0.1, 0.15) is 5.76 Å². The molecule has 1 saturated heterocycles. The van der Waals surface area contributed by atoms with Crippen molar-refractivity contribution in [3.05, 3.63) is 105 Å². The minimum Gasteiger partial charge on any atom is -0.507 e. The molecule has 1 unspecified atom stereocenters. The first-order valence-corrected chi connectivity index (χ1v) is 10.1. The summed E-state index contributed by atoms with van der Waals surface area (Å²) in [4.78, 5) is 27.4. The smallest absolute Gasteiger partial charge is 0.300 e. The largest absolute Gasteiger partial charge is 0.507 e. The van der Waals surface area contributed by atoms with E-state index in [0.717, 1.165) is 0 Å². The molecule has 1 aliphatic heterocycles. The van der Waals surface area contributed by atoms with Gasteiger partial charge < -0.3 is 5.11 Å². The summed E-state index contributed by atoms with van der Waals surface area (Å²) >= 11 is 18.6. The maximum atomic E-state index is 13.0. The van der Waals surface area contributed by atoms with Crippen molar-refractivity contribution in [1.29, 1.82) is 0 Å². The zero-order chi connectivity index (χ0) is 21.4. The number of aliphatic hydroxyl groups is 1. The molecule has 0 bridgehead atoms. The third-order valence-corrected chi connectivity index (χ3v) is 5.63. The van der Waals surface area contributed by atoms with Gasteiger partial charge in [-0.1, -0.05) is 77.3 Å². The normalized spacial score (nSPS) is 18.1. The number of Topliss-reactive ketones (excluding diaryl/α,β-unsaturated/α-hetero) is 1. The van der Waals surface area contributed by atoms with Gasteiger partial charge in [-0.2, -0.15) is 0 Å². The second-order valence-electron chi connectivity index (χ2n) is 6.68. The summed E-state index contributed by atoms with van der Waals surface area (Å²) in [6, 6.07) is 19.0.